The molecule has 1 N–H and O–H groups in total. The Morgan fingerprint density at radius 2 is 2.00 bits per heavy atom. The van der Waals surface area contributed by atoms with Gasteiger partial charge in [0.15, 0.2) is 0 Å². The number of esters is 1. The summed E-state index contributed by atoms with van der Waals surface area (Å²) in [5.41, 5.74) is 0.537. The van der Waals surface area contributed by atoms with Crippen LogP contribution in [-0.2, 0) is 20.9 Å². The summed E-state index contributed by atoms with van der Waals surface area (Å²) < 4.78 is 10.8. The van der Waals surface area contributed by atoms with E-state index in [0.717, 1.165) is 5.56 Å². The molecule has 24 heavy (non-hydrogen) atoms. The summed E-state index contributed by atoms with van der Waals surface area (Å²) in [5, 5.41) is 10.1. The number of aliphatic hydroxyl groups excluding tert-OH is 1. The molecule has 1 rings (SSSR count). The number of ether oxygens (including phenoxy) is 2. The summed E-state index contributed by atoms with van der Waals surface area (Å²) in [6.45, 7) is 10.7. The minimum absolute atomic E-state index is 0.110. The van der Waals surface area contributed by atoms with Gasteiger partial charge in [-0.1, -0.05) is 36.4 Å². The number of aliphatic hydroxyl groups is 1. The van der Waals surface area contributed by atoms with Gasteiger partial charge in [-0.15, -0.1) is 6.58 Å². The number of hydrogen-bond acceptors (Lipinski definition) is 5. The molecular formula is C19H29NO4. The number of nitrogens with zero attached hydrogens (tertiary/aromatic N) is 1. The summed E-state index contributed by atoms with van der Waals surface area (Å²) in [4.78, 5) is 13.7. The third-order valence-corrected chi connectivity index (χ3v) is 3.05. The molecule has 0 heterocycles. The molecule has 0 aliphatic carbocycles. The average molecular weight is 335 g/mol. The number of carbonyl (C=O) groups is 1. The molecule has 1 aromatic rings. The predicted octanol–water partition coefficient (Wildman–Crippen LogP) is 2.39. The Balaban J connectivity index is 2.37. The zero-order chi connectivity index (χ0) is 18.0. The second-order valence-electron chi connectivity index (χ2n) is 6.72. The van der Waals surface area contributed by atoms with Gasteiger partial charge in [0.1, 0.15) is 5.60 Å². The van der Waals surface area contributed by atoms with E-state index < -0.39 is 11.7 Å². The highest BCUT2D eigenvalue weighted by Crippen LogP contribution is 2.08. The van der Waals surface area contributed by atoms with Crippen molar-refractivity contribution in [2.24, 2.45) is 0 Å². The van der Waals surface area contributed by atoms with Crippen LogP contribution in [0.3, 0.4) is 0 Å². The second-order valence-corrected chi connectivity index (χ2v) is 6.72. The topological polar surface area (TPSA) is 59.0 Å². The minimum atomic E-state index is -0.684. The highest BCUT2D eigenvalue weighted by molar-refractivity contribution is 5.72. The van der Waals surface area contributed by atoms with Crippen molar-refractivity contribution in [3.05, 3.63) is 48.6 Å². The summed E-state index contributed by atoms with van der Waals surface area (Å²) in [6, 6.07) is 9.78. The van der Waals surface area contributed by atoms with Crippen LogP contribution < -0.4 is 0 Å². The van der Waals surface area contributed by atoms with Gasteiger partial charge in [0, 0.05) is 13.1 Å². The van der Waals surface area contributed by atoms with E-state index in [1.165, 1.54) is 0 Å². The summed E-state index contributed by atoms with van der Waals surface area (Å²) in [6.07, 6.45) is 1.01. The fourth-order valence-electron chi connectivity index (χ4n) is 2.18. The van der Waals surface area contributed by atoms with Crippen LogP contribution in [0.15, 0.2) is 43.0 Å². The number of hydrogen-bond donors (Lipinski definition) is 1. The molecule has 0 aliphatic heterocycles. The van der Waals surface area contributed by atoms with Crippen molar-refractivity contribution >= 4 is 5.97 Å². The Labute approximate surface area is 144 Å². The molecule has 0 bridgehead atoms. The lowest BCUT2D eigenvalue weighted by Crippen LogP contribution is -2.40. The van der Waals surface area contributed by atoms with E-state index in [9.17, 15) is 9.90 Å². The third-order valence-electron chi connectivity index (χ3n) is 3.05. The van der Waals surface area contributed by atoms with Crippen LogP contribution in [0.1, 0.15) is 26.3 Å². The second kappa shape index (κ2) is 10.2. The molecule has 0 radical (unpaired) electrons. The molecule has 0 aliphatic rings. The first-order valence-corrected chi connectivity index (χ1v) is 8.15. The van der Waals surface area contributed by atoms with Gasteiger partial charge in [-0.05, 0) is 26.3 Å². The molecule has 5 heteroatoms. The first-order chi connectivity index (χ1) is 11.3. The number of benzene rings is 1. The Morgan fingerprint density at radius 3 is 2.58 bits per heavy atom. The van der Waals surface area contributed by atoms with Crippen molar-refractivity contribution in [1.29, 1.82) is 0 Å². The van der Waals surface area contributed by atoms with Crippen LogP contribution >= 0.6 is 0 Å². The average Bonchev–Trinajstić information content (AvgIpc) is 2.46. The van der Waals surface area contributed by atoms with Crippen LogP contribution in [0.25, 0.3) is 0 Å². The maximum atomic E-state index is 11.9. The number of rotatable bonds is 10. The zero-order valence-electron chi connectivity index (χ0n) is 14.9. The van der Waals surface area contributed by atoms with E-state index >= 15 is 0 Å². The normalized spacial score (nSPS) is 12.9. The highest BCUT2D eigenvalue weighted by Gasteiger charge is 2.20. The van der Waals surface area contributed by atoms with Gasteiger partial charge < -0.3 is 14.6 Å². The summed E-state index contributed by atoms with van der Waals surface area (Å²) in [5.74, 6) is -0.318. The van der Waals surface area contributed by atoms with Gasteiger partial charge in [-0.3, -0.25) is 9.69 Å². The molecule has 0 unspecified atom stereocenters. The molecule has 5 nitrogen and oxygen atoms in total. The van der Waals surface area contributed by atoms with Gasteiger partial charge in [0.25, 0.3) is 0 Å². The number of carbonyl (C=O) groups excluding carboxylic acids is 1. The molecule has 0 aromatic heterocycles. The van der Waals surface area contributed by atoms with E-state index in [2.05, 4.69) is 6.58 Å². The molecule has 1 atom stereocenters. The van der Waals surface area contributed by atoms with Gasteiger partial charge in [0.05, 0.1) is 25.9 Å². The minimum Gasteiger partial charge on any atom is -0.459 e. The van der Waals surface area contributed by atoms with E-state index in [4.69, 9.17) is 9.47 Å². The monoisotopic (exact) mass is 335 g/mol. The molecule has 0 spiro atoms. The Morgan fingerprint density at radius 1 is 1.33 bits per heavy atom. The lowest BCUT2D eigenvalue weighted by Gasteiger charge is -2.25. The van der Waals surface area contributed by atoms with Crippen LogP contribution in [0.4, 0.5) is 0 Å². The Bertz CT molecular complexity index is 496. The van der Waals surface area contributed by atoms with Gasteiger partial charge in [0.2, 0.25) is 0 Å². The lowest BCUT2D eigenvalue weighted by atomic mass is 10.2. The van der Waals surface area contributed by atoms with Crippen molar-refractivity contribution in [1.82, 2.24) is 4.90 Å². The van der Waals surface area contributed by atoms with Crippen molar-refractivity contribution in [2.45, 2.75) is 39.1 Å². The Hall–Kier alpha value is -1.69. The van der Waals surface area contributed by atoms with Gasteiger partial charge >= 0.3 is 5.97 Å². The maximum absolute atomic E-state index is 11.9. The standard InChI is InChI=1S/C19H29NO4/c1-5-11-20(13-18(22)24-19(2,3)4)12-17(21)15-23-14-16-9-7-6-8-10-16/h5-10,17,21H,1,11-15H2,2-4H3/t17-/m0/s1. The van der Waals surface area contributed by atoms with Crippen LogP contribution in [0.2, 0.25) is 0 Å². The quantitative estimate of drug-likeness (QED) is 0.525. The van der Waals surface area contributed by atoms with Gasteiger partial charge in [-0.2, -0.15) is 0 Å². The zero-order valence-corrected chi connectivity index (χ0v) is 14.9. The van der Waals surface area contributed by atoms with E-state index in [1.807, 2.05) is 51.1 Å². The SMILES string of the molecule is C=CCN(CC(=O)OC(C)(C)C)C[C@H](O)COCc1ccccc1. The van der Waals surface area contributed by atoms with Crippen molar-refractivity contribution < 1.29 is 19.4 Å². The first kappa shape index (κ1) is 20.4. The molecule has 0 saturated heterocycles. The first-order valence-electron chi connectivity index (χ1n) is 8.15. The van der Waals surface area contributed by atoms with E-state index in [1.54, 1.807) is 11.0 Å². The third kappa shape index (κ3) is 9.45. The predicted molar refractivity (Wildman–Crippen MR) is 94.6 cm³/mol. The lowest BCUT2D eigenvalue weighted by molar-refractivity contribution is -0.156. The van der Waals surface area contributed by atoms with E-state index in [-0.39, 0.29) is 19.1 Å². The maximum Gasteiger partial charge on any atom is 0.320 e. The fraction of sp³-hybridized carbons (Fsp3) is 0.526. The van der Waals surface area contributed by atoms with Crippen molar-refractivity contribution in [2.75, 3.05) is 26.2 Å². The fourth-order valence-corrected chi connectivity index (χ4v) is 2.18. The van der Waals surface area contributed by atoms with E-state index in [0.29, 0.717) is 19.7 Å². The smallest absolute Gasteiger partial charge is 0.320 e. The van der Waals surface area contributed by atoms with Crippen molar-refractivity contribution in [3.63, 3.8) is 0 Å². The highest BCUT2D eigenvalue weighted by atomic mass is 16.6. The molecule has 0 fully saturated rings. The Kier molecular flexibility index (Phi) is 8.68. The largest absolute Gasteiger partial charge is 0.459 e. The van der Waals surface area contributed by atoms with Crippen LogP contribution in [-0.4, -0.2) is 53.9 Å². The molecule has 134 valence electrons. The molecule has 0 saturated carbocycles. The van der Waals surface area contributed by atoms with Crippen LogP contribution in [0.5, 0.6) is 0 Å². The molecular weight excluding hydrogens is 306 g/mol. The van der Waals surface area contributed by atoms with Crippen molar-refractivity contribution in [3.8, 4) is 0 Å². The molecule has 0 amide bonds. The summed E-state index contributed by atoms with van der Waals surface area (Å²) in [7, 11) is 0. The van der Waals surface area contributed by atoms with Gasteiger partial charge in [-0.25, -0.2) is 0 Å². The molecule has 1 aromatic carbocycles. The van der Waals surface area contributed by atoms with Crippen LogP contribution in [0, 0.1) is 0 Å². The summed E-state index contributed by atoms with van der Waals surface area (Å²) >= 11 is 0.